The predicted molar refractivity (Wildman–Crippen MR) is 71.3 cm³/mol. The van der Waals surface area contributed by atoms with E-state index >= 15 is 0 Å². The third-order valence-corrected chi connectivity index (χ3v) is 3.26. The predicted octanol–water partition coefficient (Wildman–Crippen LogP) is 1.86. The number of nitrogens with one attached hydrogen (secondary N) is 1. The van der Waals surface area contributed by atoms with E-state index in [0.717, 1.165) is 25.3 Å². The van der Waals surface area contributed by atoms with Gasteiger partial charge in [-0.2, -0.15) is 0 Å². The fraction of sp³-hybridized carbons (Fsp3) is 0.571. The standard InChI is InChI=1S/C14H22N2O/c1-12-4-6-13(7-5-12)15-10-14(17)11-16-8-2-3-9-16/h4-7,14-15,17H,2-3,8-11H2,1H3. The Balaban J connectivity index is 1.71. The first-order chi connectivity index (χ1) is 8.24. The van der Waals surface area contributed by atoms with Crippen LogP contribution in [-0.4, -0.2) is 42.3 Å². The van der Waals surface area contributed by atoms with Crippen LogP contribution in [0.3, 0.4) is 0 Å². The number of aliphatic hydroxyl groups excluding tert-OH is 1. The topological polar surface area (TPSA) is 35.5 Å². The number of hydrogen-bond donors (Lipinski definition) is 2. The van der Waals surface area contributed by atoms with Crippen molar-refractivity contribution in [3.05, 3.63) is 29.8 Å². The molecule has 1 saturated heterocycles. The van der Waals surface area contributed by atoms with E-state index in [1.54, 1.807) is 0 Å². The summed E-state index contributed by atoms with van der Waals surface area (Å²) in [5.74, 6) is 0. The Morgan fingerprint density at radius 1 is 1.24 bits per heavy atom. The van der Waals surface area contributed by atoms with Crippen LogP contribution in [0.15, 0.2) is 24.3 Å². The Labute approximate surface area is 103 Å². The number of benzene rings is 1. The Hall–Kier alpha value is -1.06. The molecule has 2 N–H and O–H groups in total. The molecular formula is C14H22N2O. The highest BCUT2D eigenvalue weighted by atomic mass is 16.3. The van der Waals surface area contributed by atoms with Gasteiger partial charge < -0.3 is 15.3 Å². The largest absolute Gasteiger partial charge is 0.390 e. The molecule has 1 aliphatic rings. The number of β-amino-alcohol motifs (C(OH)–C–C–N with tert-alkyl or cyclic N) is 1. The SMILES string of the molecule is Cc1ccc(NCC(O)CN2CCCC2)cc1. The summed E-state index contributed by atoms with van der Waals surface area (Å²) in [5, 5.41) is 13.2. The summed E-state index contributed by atoms with van der Waals surface area (Å²) in [5.41, 5.74) is 2.34. The number of aliphatic hydroxyl groups is 1. The van der Waals surface area contributed by atoms with Crippen LogP contribution in [0.2, 0.25) is 0 Å². The number of likely N-dealkylation sites (tertiary alicyclic amines) is 1. The zero-order chi connectivity index (χ0) is 12.1. The van der Waals surface area contributed by atoms with Crippen LogP contribution >= 0.6 is 0 Å². The van der Waals surface area contributed by atoms with Crippen LogP contribution in [0.25, 0.3) is 0 Å². The van der Waals surface area contributed by atoms with E-state index in [4.69, 9.17) is 0 Å². The summed E-state index contributed by atoms with van der Waals surface area (Å²) in [6.45, 7) is 5.77. The minimum absolute atomic E-state index is 0.283. The van der Waals surface area contributed by atoms with Crippen LogP contribution in [0.5, 0.6) is 0 Å². The third-order valence-electron chi connectivity index (χ3n) is 3.26. The molecule has 1 heterocycles. The molecule has 1 fully saturated rings. The van der Waals surface area contributed by atoms with E-state index in [9.17, 15) is 5.11 Å². The van der Waals surface area contributed by atoms with Crippen LogP contribution in [-0.2, 0) is 0 Å². The molecule has 0 aliphatic carbocycles. The van der Waals surface area contributed by atoms with E-state index in [0.29, 0.717) is 6.54 Å². The molecule has 94 valence electrons. The zero-order valence-corrected chi connectivity index (χ0v) is 10.5. The van der Waals surface area contributed by atoms with Crippen LogP contribution in [0, 0.1) is 6.92 Å². The lowest BCUT2D eigenvalue weighted by atomic mass is 10.2. The molecule has 0 radical (unpaired) electrons. The summed E-state index contributed by atoms with van der Waals surface area (Å²) < 4.78 is 0. The van der Waals surface area contributed by atoms with E-state index in [1.165, 1.54) is 18.4 Å². The van der Waals surface area contributed by atoms with Crippen LogP contribution < -0.4 is 5.32 Å². The summed E-state index contributed by atoms with van der Waals surface area (Å²) >= 11 is 0. The van der Waals surface area contributed by atoms with Crippen molar-refractivity contribution in [3.63, 3.8) is 0 Å². The van der Waals surface area contributed by atoms with Gasteiger partial charge in [0.05, 0.1) is 6.10 Å². The highest BCUT2D eigenvalue weighted by Gasteiger charge is 2.15. The lowest BCUT2D eigenvalue weighted by Crippen LogP contribution is -2.34. The number of nitrogens with zero attached hydrogens (tertiary/aromatic N) is 1. The maximum atomic E-state index is 9.92. The first-order valence-corrected chi connectivity index (χ1v) is 6.45. The summed E-state index contributed by atoms with van der Waals surface area (Å²) in [7, 11) is 0. The quantitative estimate of drug-likeness (QED) is 0.816. The Morgan fingerprint density at radius 2 is 1.88 bits per heavy atom. The second-order valence-corrected chi connectivity index (χ2v) is 4.91. The molecule has 1 aromatic rings. The van der Waals surface area contributed by atoms with Gasteiger partial charge in [0.1, 0.15) is 0 Å². The molecule has 0 bridgehead atoms. The van der Waals surface area contributed by atoms with Gasteiger partial charge in [-0.3, -0.25) is 0 Å². The van der Waals surface area contributed by atoms with Gasteiger partial charge in [0.25, 0.3) is 0 Å². The fourth-order valence-electron chi connectivity index (χ4n) is 2.23. The van der Waals surface area contributed by atoms with Gasteiger partial charge >= 0.3 is 0 Å². The second kappa shape index (κ2) is 6.03. The van der Waals surface area contributed by atoms with Gasteiger partial charge in [0, 0.05) is 18.8 Å². The Bertz CT molecular complexity index is 331. The maximum Gasteiger partial charge on any atom is 0.0839 e. The first kappa shape index (κ1) is 12.4. The van der Waals surface area contributed by atoms with Crippen molar-refractivity contribution >= 4 is 5.69 Å². The number of anilines is 1. The van der Waals surface area contributed by atoms with E-state index in [-0.39, 0.29) is 6.10 Å². The number of hydrogen-bond acceptors (Lipinski definition) is 3. The number of aryl methyl sites for hydroxylation is 1. The Kier molecular flexibility index (Phi) is 4.40. The van der Waals surface area contributed by atoms with Crippen molar-refractivity contribution in [1.29, 1.82) is 0 Å². The van der Waals surface area contributed by atoms with Crippen molar-refractivity contribution in [2.45, 2.75) is 25.9 Å². The smallest absolute Gasteiger partial charge is 0.0839 e. The molecule has 1 unspecified atom stereocenters. The molecule has 1 aliphatic heterocycles. The molecule has 3 heteroatoms. The van der Waals surface area contributed by atoms with Crippen molar-refractivity contribution in [1.82, 2.24) is 4.90 Å². The van der Waals surface area contributed by atoms with Gasteiger partial charge in [-0.05, 0) is 45.0 Å². The average molecular weight is 234 g/mol. The van der Waals surface area contributed by atoms with E-state index < -0.39 is 0 Å². The van der Waals surface area contributed by atoms with Crippen molar-refractivity contribution in [2.75, 3.05) is 31.5 Å². The normalized spacial score (nSPS) is 18.2. The molecule has 0 spiro atoms. The molecule has 0 saturated carbocycles. The van der Waals surface area contributed by atoms with Crippen LogP contribution in [0.1, 0.15) is 18.4 Å². The molecule has 0 aromatic heterocycles. The fourth-order valence-corrected chi connectivity index (χ4v) is 2.23. The minimum atomic E-state index is -0.283. The minimum Gasteiger partial charge on any atom is -0.390 e. The van der Waals surface area contributed by atoms with Gasteiger partial charge in [-0.25, -0.2) is 0 Å². The van der Waals surface area contributed by atoms with Gasteiger partial charge in [0.2, 0.25) is 0 Å². The molecule has 1 aromatic carbocycles. The lowest BCUT2D eigenvalue weighted by molar-refractivity contribution is 0.135. The molecular weight excluding hydrogens is 212 g/mol. The van der Waals surface area contributed by atoms with Gasteiger partial charge in [0.15, 0.2) is 0 Å². The molecule has 0 amide bonds. The third kappa shape index (κ3) is 4.02. The lowest BCUT2D eigenvalue weighted by Gasteiger charge is -2.20. The molecule has 17 heavy (non-hydrogen) atoms. The summed E-state index contributed by atoms with van der Waals surface area (Å²) in [6, 6.07) is 8.26. The first-order valence-electron chi connectivity index (χ1n) is 6.45. The summed E-state index contributed by atoms with van der Waals surface area (Å²) in [4.78, 5) is 2.33. The van der Waals surface area contributed by atoms with Crippen molar-refractivity contribution in [2.24, 2.45) is 0 Å². The monoisotopic (exact) mass is 234 g/mol. The molecule has 1 atom stereocenters. The maximum absolute atomic E-state index is 9.92. The van der Waals surface area contributed by atoms with E-state index in [1.807, 2.05) is 0 Å². The molecule has 2 rings (SSSR count). The van der Waals surface area contributed by atoms with Gasteiger partial charge in [-0.1, -0.05) is 17.7 Å². The van der Waals surface area contributed by atoms with Crippen molar-refractivity contribution < 1.29 is 5.11 Å². The second-order valence-electron chi connectivity index (χ2n) is 4.91. The van der Waals surface area contributed by atoms with Gasteiger partial charge in [-0.15, -0.1) is 0 Å². The zero-order valence-electron chi connectivity index (χ0n) is 10.5. The highest BCUT2D eigenvalue weighted by Crippen LogP contribution is 2.10. The van der Waals surface area contributed by atoms with Crippen LogP contribution in [0.4, 0.5) is 5.69 Å². The number of rotatable bonds is 5. The Morgan fingerprint density at radius 3 is 2.53 bits per heavy atom. The highest BCUT2D eigenvalue weighted by molar-refractivity contribution is 5.44. The molecule has 3 nitrogen and oxygen atoms in total. The summed E-state index contributed by atoms with van der Waals surface area (Å²) in [6.07, 6.45) is 2.27. The van der Waals surface area contributed by atoms with Crippen molar-refractivity contribution in [3.8, 4) is 0 Å². The average Bonchev–Trinajstić information content (AvgIpc) is 2.81. The van der Waals surface area contributed by atoms with E-state index in [2.05, 4.69) is 41.4 Å².